The minimum Gasteiger partial charge on any atom is -0.380 e. The van der Waals surface area contributed by atoms with Gasteiger partial charge in [-0.25, -0.2) is 4.98 Å². The number of ether oxygens (including phenoxy) is 1. The molecule has 0 aliphatic heterocycles. The standard InChI is InChI=1S/C14H19N3O/c1-11(2)16-14-15-7-8-17(14)13-6-4-5-12(9-13)10-18-3/h4-9,11H,10H2,1-3H3,(H,15,16). The molecule has 1 N–H and O–H groups in total. The van der Waals surface area contributed by atoms with Crippen molar-refractivity contribution in [3.8, 4) is 5.69 Å². The predicted molar refractivity (Wildman–Crippen MR) is 73.0 cm³/mol. The summed E-state index contributed by atoms with van der Waals surface area (Å²) in [6, 6.07) is 8.61. The van der Waals surface area contributed by atoms with Crippen LogP contribution in [-0.4, -0.2) is 22.7 Å². The summed E-state index contributed by atoms with van der Waals surface area (Å²) in [5.74, 6) is 0.861. The van der Waals surface area contributed by atoms with E-state index in [9.17, 15) is 0 Å². The van der Waals surface area contributed by atoms with Crippen molar-refractivity contribution in [2.45, 2.75) is 26.5 Å². The van der Waals surface area contributed by atoms with Crippen molar-refractivity contribution in [3.63, 3.8) is 0 Å². The average molecular weight is 245 g/mol. The number of hydrogen-bond donors (Lipinski definition) is 1. The molecule has 0 radical (unpaired) electrons. The minimum atomic E-state index is 0.355. The summed E-state index contributed by atoms with van der Waals surface area (Å²) in [6.07, 6.45) is 3.75. The molecule has 0 amide bonds. The highest BCUT2D eigenvalue weighted by atomic mass is 16.5. The number of aromatic nitrogens is 2. The largest absolute Gasteiger partial charge is 0.380 e. The first-order valence-corrected chi connectivity index (χ1v) is 6.09. The number of nitrogens with zero attached hydrogens (tertiary/aromatic N) is 2. The van der Waals surface area contributed by atoms with Crippen LogP contribution in [0.5, 0.6) is 0 Å². The van der Waals surface area contributed by atoms with Crippen molar-refractivity contribution in [3.05, 3.63) is 42.2 Å². The number of benzene rings is 1. The van der Waals surface area contributed by atoms with E-state index in [1.54, 1.807) is 13.3 Å². The van der Waals surface area contributed by atoms with Gasteiger partial charge in [-0.3, -0.25) is 4.57 Å². The highest BCUT2D eigenvalue weighted by Crippen LogP contribution is 2.16. The lowest BCUT2D eigenvalue weighted by Crippen LogP contribution is -2.13. The molecule has 1 aromatic carbocycles. The third kappa shape index (κ3) is 2.90. The number of methoxy groups -OCH3 is 1. The van der Waals surface area contributed by atoms with Gasteiger partial charge in [0.2, 0.25) is 5.95 Å². The van der Waals surface area contributed by atoms with Gasteiger partial charge in [-0.05, 0) is 31.5 Å². The molecule has 0 aliphatic carbocycles. The van der Waals surface area contributed by atoms with Gasteiger partial charge in [-0.15, -0.1) is 0 Å². The van der Waals surface area contributed by atoms with Gasteiger partial charge in [0.1, 0.15) is 0 Å². The van der Waals surface area contributed by atoms with Gasteiger partial charge in [0.25, 0.3) is 0 Å². The second kappa shape index (κ2) is 5.69. The van der Waals surface area contributed by atoms with E-state index in [2.05, 4.69) is 42.3 Å². The second-order valence-corrected chi connectivity index (χ2v) is 4.52. The first-order valence-electron chi connectivity index (χ1n) is 6.09. The average Bonchev–Trinajstić information content (AvgIpc) is 2.77. The van der Waals surface area contributed by atoms with Crippen molar-refractivity contribution < 1.29 is 4.74 Å². The molecule has 1 heterocycles. The molecule has 0 saturated carbocycles. The van der Waals surface area contributed by atoms with Crippen LogP contribution in [0.1, 0.15) is 19.4 Å². The van der Waals surface area contributed by atoms with Crippen LogP contribution in [0.2, 0.25) is 0 Å². The van der Waals surface area contributed by atoms with Gasteiger partial charge in [0.05, 0.1) is 6.61 Å². The summed E-state index contributed by atoms with van der Waals surface area (Å²) in [4.78, 5) is 4.33. The van der Waals surface area contributed by atoms with Crippen LogP contribution < -0.4 is 5.32 Å². The van der Waals surface area contributed by atoms with Crippen molar-refractivity contribution in [1.29, 1.82) is 0 Å². The Labute approximate surface area is 108 Å². The quantitative estimate of drug-likeness (QED) is 0.880. The maximum Gasteiger partial charge on any atom is 0.207 e. The summed E-state index contributed by atoms with van der Waals surface area (Å²) in [7, 11) is 1.70. The van der Waals surface area contributed by atoms with Crippen LogP contribution in [0, 0.1) is 0 Å². The number of anilines is 1. The van der Waals surface area contributed by atoms with Crippen LogP contribution in [0.4, 0.5) is 5.95 Å². The molecule has 0 unspecified atom stereocenters. The SMILES string of the molecule is COCc1cccc(-n2ccnc2NC(C)C)c1. The van der Waals surface area contributed by atoms with E-state index in [0.29, 0.717) is 12.6 Å². The Morgan fingerprint density at radius 3 is 2.94 bits per heavy atom. The van der Waals surface area contributed by atoms with Gasteiger partial charge < -0.3 is 10.1 Å². The van der Waals surface area contributed by atoms with Crippen LogP contribution in [0.15, 0.2) is 36.7 Å². The first kappa shape index (κ1) is 12.6. The van der Waals surface area contributed by atoms with E-state index >= 15 is 0 Å². The van der Waals surface area contributed by atoms with Crippen LogP contribution in [0.25, 0.3) is 5.69 Å². The smallest absolute Gasteiger partial charge is 0.207 e. The van der Waals surface area contributed by atoms with E-state index in [4.69, 9.17) is 4.74 Å². The molecule has 0 atom stereocenters. The van der Waals surface area contributed by atoms with E-state index in [1.807, 2.05) is 16.8 Å². The molecule has 96 valence electrons. The van der Waals surface area contributed by atoms with Crippen molar-refractivity contribution in [1.82, 2.24) is 9.55 Å². The monoisotopic (exact) mass is 245 g/mol. The molecule has 0 saturated heterocycles. The molecular formula is C14H19N3O. The Morgan fingerprint density at radius 1 is 1.39 bits per heavy atom. The molecule has 1 aromatic heterocycles. The molecule has 4 nitrogen and oxygen atoms in total. The first-order chi connectivity index (χ1) is 8.70. The predicted octanol–water partition coefficient (Wildman–Crippen LogP) is 2.84. The van der Waals surface area contributed by atoms with E-state index in [0.717, 1.165) is 17.2 Å². The Hall–Kier alpha value is -1.81. The zero-order valence-corrected chi connectivity index (χ0v) is 11.1. The molecule has 0 spiro atoms. The van der Waals surface area contributed by atoms with E-state index in [-0.39, 0.29) is 0 Å². The lowest BCUT2D eigenvalue weighted by atomic mass is 10.2. The van der Waals surface area contributed by atoms with Gasteiger partial charge >= 0.3 is 0 Å². The number of hydrogen-bond acceptors (Lipinski definition) is 3. The van der Waals surface area contributed by atoms with Gasteiger partial charge in [0.15, 0.2) is 0 Å². The highest BCUT2D eigenvalue weighted by molar-refractivity contribution is 5.43. The molecular weight excluding hydrogens is 226 g/mol. The number of imidazole rings is 1. The topological polar surface area (TPSA) is 39.1 Å². The zero-order chi connectivity index (χ0) is 13.0. The number of nitrogens with one attached hydrogen (secondary N) is 1. The van der Waals surface area contributed by atoms with Crippen molar-refractivity contribution >= 4 is 5.95 Å². The highest BCUT2D eigenvalue weighted by Gasteiger charge is 2.06. The fourth-order valence-corrected chi connectivity index (χ4v) is 1.84. The zero-order valence-electron chi connectivity index (χ0n) is 11.1. The maximum absolute atomic E-state index is 5.15. The third-order valence-corrected chi connectivity index (χ3v) is 2.56. The summed E-state index contributed by atoms with van der Waals surface area (Å²) >= 11 is 0. The fourth-order valence-electron chi connectivity index (χ4n) is 1.84. The Bertz CT molecular complexity index is 505. The second-order valence-electron chi connectivity index (χ2n) is 4.52. The molecule has 18 heavy (non-hydrogen) atoms. The van der Waals surface area contributed by atoms with Crippen LogP contribution in [0.3, 0.4) is 0 Å². The maximum atomic E-state index is 5.15. The van der Waals surface area contributed by atoms with Gasteiger partial charge in [-0.1, -0.05) is 12.1 Å². The summed E-state index contributed by atoms with van der Waals surface area (Å²) in [5, 5.41) is 3.32. The fraction of sp³-hybridized carbons (Fsp3) is 0.357. The lowest BCUT2D eigenvalue weighted by Gasteiger charge is -2.13. The van der Waals surface area contributed by atoms with Crippen molar-refractivity contribution in [2.75, 3.05) is 12.4 Å². The molecule has 0 aliphatic rings. The van der Waals surface area contributed by atoms with E-state index in [1.165, 1.54) is 0 Å². The Morgan fingerprint density at radius 2 is 2.22 bits per heavy atom. The molecule has 0 fully saturated rings. The minimum absolute atomic E-state index is 0.355. The molecule has 4 heteroatoms. The van der Waals surface area contributed by atoms with Crippen LogP contribution in [-0.2, 0) is 11.3 Å². The van der Waals surface area contributed by atoms with Gasteiger partial charge in [-0.2, -0.15) is 0 Å². The van der Waals surface area contributed by atoms with Crippen LogP contribution >= 0.6 is 0 Å². The van der Waals surface area contributed by atoms with E-state index < -0.39 is 0 Å². The normalized spacial score (nSPS) is 10.9. The third-order valence-electron chi connectivity index (χ3n) is 2.56. The number of rotatable bonds is 5. The molecule has 2 rings (SSSR count). The van der Waals surface area contributed by atoms with Crippen molar-refractivity contribution in [2.24, 2.45) is 0 Å². The van der Waals surface area contributed by atoms with Gasteiger partial charge in [0, 0.05) is 31.2 Å². The summed E-state index contributed by atoms with van der Waals surface area (Å²) < 4.78 is 7.20. The molecule has 2 aromatic rings. The Kier molecular flexibility index (Phi) is 3.99. The Balaban J connectivity index is 2.30. The summed E-state index contributed by atoms with van der Waals surface area (Å²) in [6.45, 7) is 4.82. The summed E-state index contributed by atoms with van der Waals surface area (Å²) in [5.41, 5.74) is 2.24. The lowest BCUT2D eigenvalue weighted by molar-refractivity contribution is 0.185. The molecule has 0 bridgehead atoms.